The predicted molar refractivity (Wildman–Crippen MR) is 129 cm³/mol. The van der Waals surface area contributed by atoms with E-state index in [9.17, 15) is 14.4 Å². The standard InChI is InChI=1S/C25H43BN2O6/c1-14(2)9-19(26-33-18-13-16-12-17(24(16,6)7)25(18,8)34-26)28-22(31)15(10-20(27)29)11-21(30)32-23(3,4)5/h14-19H,9-13H2,1-8H3,(H2,27,29)(H,28,31)/t15-,16-,17-,18-,19+,25+/m1/s1. The van der Waals surface area contributed by atoms with Crippen molar-refractivity contribution in [2.45, 2.75) is 111 Å². The number of primary amides is 1. The van der Waals surface area contributed by atoms with Crippen molar-refractivity contribution in [3.8, 4) is 0 Å². The van der Waals surface area contributed by atoms with Gasteiger partial charge in [-0.3, -0.25) is 14.4 Å². The summed E-state index contributed by atoms with van der Waals surface area (Å²) in [6.07, 6.45) is 2.31. The number of hydrogen-bond acceptors (Lipinski definition) is 6. The number of rotatable bonds is 9. The Hall–Kier alpha value is -1.61. The molecule has 1 aliphatic heterocycles. The first kappa shape index (κ1) is 27.0. The van der Waals surface area contributed by atoms with E-state index in [2.05, 4.69) is 39.9 Å². The summed E-state index contributed by atoms with van der Waals surface area (Å²) in [5.41, 5.74) is 4.55. The zero-order valence-electron chi connectivity index (χ0n) is 22.1. The van der Waals surface area contributed by atoms with Gasteiger partial charge in [0.2, 0.25) is 11.8 Å². The molecule has 0 unspecified atom stereocenters. The zero-order chi connectivity index (χ0) is 25.6. The van der Waals surface area contributed by atoms with E-state index in [1.165, 1.54) is 0 Å². The summed E-state index contributed by atoms with van der Waals surface area (Å²) < 4.78 is 18.4. The van der Waals surface area contributed by atoms with E-state index in [0.29, 0.717) is 18.3 Å². The van der Waals surface area contributed by atoms with Gasteiger partial charge in [0.05, 0.1) is 30.0 Å². The van der Waals surface area contributed by atoms with E-state index in [1.54, 1.807) is 20.8 Å². The molecule has 4 aliphatic rings. The van der Waals surface area contributed by atoms with Crippen molar-refractivity contribution in [2.24, 2.45) is 34.8 Å². The Bertz CT molecular complexity index is 810. The summed E-state index contributed by atoms with van der Waals surface area (Å²) in [5, 5.41) is 3.04. The van der Waals surface area contributed by atoms with Crippen LogP contribution in [0, 0.1) is 29.1 Å². The van der Waals surface area contributed by atoms with Crippen LogP contribution in [0.15, 0.2) is 0 Å². The third-order valence-corrected chi connectivity index (χ3v) is 8.00. The van der Waals surface area contributed by atoms with Gasteiger partial charge in [0.15, 0.2) is 0 Å². The van der Waals surface area contributed by atoms with Gasteiger partial charge < -0.3 is 25.1 Å². The van der Waals surface area contributed by atoms with Gasteiger partial charge in [-0.1, -0.05) is 27.7 Å². The van der Waals surface area contributed by atoms with Crippen molar-refractivity contribution >= 4 is 24.9 Å². The Labute approximate surface area is 204 Å². The topological polar surface area (TPSA) is 117 Å². The van der Waals surface area contributed by atoms with Crippen LogP contribution in [0.4, 0.5) is 0 Å². The van der Waals surface area contributed by atoms with Gasteiger partial charge in [0, 0.05) is 6.42 Å². The normalized spacial score (nSPS) is 31.3. The number of hydrogen-bond donors (Lipinski definition) is 2. The second kappa shape index (κ2) is 9.45. The van der Waals surface area contributed by atoms with Gasteiger partial charge in [-0.05, 0) is 70.1 Å². The molecule has 0 aromatic heterocycles. The van der Waals surface area contributed by atoms with Gasteiger partial charge in [-0.25, -0.2) is 0 Å². The highest BCUT2D eigenvalue weighted by Gasteiger charge is 2.68. The van der Waals surface area contributed by atoms with Crippen LogP contribution < -0.4 is 11.1 Å². The van der Waals surface area contributed by atoms with E-state index in [1.807, 2.05) is 0 Å². The number of ether oxygens (including phenoxy) is 1. The van der Waals surface area contributed by atoms with Gasteiger partial charge in [0.1, 0.15) is 5.60 Å². The lowest BCUT2D eigenvalue weighted by Crippen LogP contribution is -2.65. The van der Waals surface area contributed by atoms with Crippen LogP contribution in [-0.4, -0.2) is 48.1 Å². The fourth-order valence-corrected chi connectivity index (χ4v) is 6.20. The first-order chi connectivity index (χ1) is 15.5. The van der Waals surface area contributed by atoms with E-state index in [0.717, 1.165) is 12.8 Å². The molecule has 8 nitrogen and oxygen atoms in total. The molecule has 1 heterocycles. The number of carbonyl (C=O) groups excluding carboxylic acids is 3. The average molecular weight is 478 g/mol. The summed E-state index contributed by atoms with van der Waals surface area (Å²) in [4.78, 5) is 37.3. The van der Waals surface area contributed by atoms with Crippen LogP contribution in [0.2, 0.25) is 0 Å². The summed E-state index contributed by atoms with van der Waals surface area (Å²) in [6.45, 7) is 16.2. The van der Waals surface area contributed by atoms with Crippen molar-refractivity contribution in [3.05, 3.63) is 0 Å². The number of carbonyl (C=O) groups is 3. The van der Waals surface area contributed by atoms with Crippen molar-refractivity contribution in [1.29, 1.82) is 0 Å². The van der Waals surface area contributed by atoms with Crippen LogP contribution >= 0.6 is 0 Å². The average Bonchev–Trinajstić information content (AvgIpc) is 3.01. The molecule has 0 radical (unpaired) electrons. The Balaban J connectivity index is 1.73. The molecule has 0 aromatic rings. The largest absolute Gasteiger partial charge is 0.481 e. The minimum atomic E-state index is -0.909. The fraction of sp³-hybridized carbons (Fsp3) is 0.880. The number of nitrogens with two attached hydrogens (primary N) is 1. The van der Waals surface area contributed by atoms with Crippen LogP contribution in [0.5, 0.6) is 0 Å². The Kier molecular flexibility index (Phi) is 7.50. The third-order valence-electron chi connectivity index (χ3n) is 8.00. The minimum absolute atomic E-state index is 0.00372. The number of amides is 2. The van der Waals surface area contributed by atoms with Gasteiger partial charge in [0.25, 0.3) is 0 Å². The van der Waals surface area contributed by atoms with Crippen LogP contribution in [0.25, 0.3) is 0 Å². The molecule has 2 amide bonds. The van der Waals surface area contributed by atoms with Crippen LogP contribution in [0.1, 0.15) is 87.5 Å². The minimum Gasteiger partial charge on any atom is -0.460 e. The maximum absolute atomic E-state index is 13.3. The smallest absolute Gasteiger partial charge is 0.460 e. The maximum Gasteiger partial charge on any atom is 0.481 e. The molecule has 3 saturated carbocycles. The van der Waals surface area contributed by atoms with Gasteiger partial charge >= 0.3 is 13.1 Å². The maximum atomic E-state index is 13.3. The Morgan fingerprint density at radius 3 is 2.32 bits per heavy atom. The molecule has 9 heteroatoms. The van der Waals surface area contributed by atoms with Crippen molar-refractivity contribution in [2.75, 3.05) is 0 Å². The lowest BCUT2D eigenvalue weighted by molar-refractivity contribution is -0.199. The van der Waals surface area contributed by atoms with E-state index < -0.39 is 42.4 Å². The molecule has 3 aliphatic carbocycles. The van der Waals surface area contributed by atoms with Crippen molar-refractivity contribution < 1.29 is 28.4 Å². The molecule has 0 spiro atoms. The lowest BCUT2D eigenvalue weighted by atomic mass is 9.43. The highest BCUT2D eigenvalue weighted by Crippen LogP contribution is 2.65. The monoisotopic (exact) mass is 478 g/mol. The predicted octanol–water partition coefficient (Wildman–Crippen LogP) is 3.01. The zero-order valence-corrected chi connectivity index (χ0v) is 22.1. The highest BCUT2D eigenvalue weighted by atomic mass is 16.7. The number of esters is 1. The van der Waals surface area contributed by atoms with E-state index >= 15 is 0 Å². The number of nitrogens with one attached hydrogen (secondary N) is 1. The summed E-state index contributed by atoms with van der Waals surface area (Å²) in [5.74, 6) is -1.58. The molecule has 34 heavy (non-hydrogen) atoms. The second-order valence-corrected chi connectivity index (χ2v) is 12.7. The molecule has 192 valence electrons. The van der Waals surface area contributed by atoms with Gasteiger partial charge in [-0.2, -0.15) is 0 Å². The molecular weight excluding hydrogens is 435 g/mol. The van der Waals surface area contributed by atoms with Crippen molar-refractivity contribution in [3.63, 3.8) is 0 Å². The third kappa shape index (κ3) is 5.61. The van der Waals surface area contributed by atoms with Crippen LogP contribution in [0.3, 0.4) is 0 Å². The lowest BCUT2D eigenvalue weighted by Gasteiger charge is -2.64. The summed E-state index contributed by atoms with van der Waals surface area (Å²) in [6, 6.07) is 0. The summed E-state index contributed by atoms with van der Waals surface area (Å²) in [7, 11) is -0.577. The molecule has 6 atom stereocenters. The quantitative estimate of drug-likeness (QED) is 0.389. The molecule has 4 rings (SSSR count). The SMILES string of the molecule is CC(C)C[C@H](NC(=O)[C@H](CC(N)=O)CC(=O)OC(C)(C)C)B1O[C@@H]2C[C@H]3C[C@H](C3(C)C)[C@]2(C)O1. The molecule has 1 saturated heterocycles. The first-order valence-electron chi connectivity index (χ1n) is 12.7. The molecular formula is C25H43BN2O6. The molecule has 0 aromatic carbocycles. The second-order valence-electron chi connectivity index (χ2n) is 12.7. The molecule has 4 fully saturated rings. The van der Waals surface area contributed by atoms with Gasteiger partial charge in [-0.15, -0.1) is 0 Å². The Morgan fingerprint density at radius 1 is 1.15 bits per heavy atom. The molecule has 2 bridgehead atoms. The molecule has 3 N–H and O–H groups in total. The highest BCUT2D eigenvalue weighted by molar-refractivity contribution is 6.47. The Morgan fingerprint density at radius 2 is 1.79 bits per heavy atom. The van der Waals surface area contributed by atoms with E-state index in [4.69, 9.17) is 19.8 Å². The summed E-state index contributed by atoms with van der Waals surface area (Å²) >= 11 is 0. The first-order valence-corrected chi connectivity index (χ1v) is 12.7. The fourth-order valence-electron chi connectivity index (χ4n) is 6.20. The van der Waals surface area contributed by atoms with Crippen molar-refractivity contribution in [1.82, 2.24) is 5.32 Å². The van der Waals surface area contributed by atoms with Crippen LogP contribution in [-0.2, 0) is 28.4 Å². The van der Waals surface area contributed by atoms with E-state index in [-0.39, 0.29) is 35.9 Å².